The molecule has 1 aliphatic heterocycles. The molecule has 1 saturated carbocycles. The average Bonchev–Trinajstić information content (AvgIpc) is 3.10. The first-order valence-electron chi connectivity index (χ1n) is 10.7. The second kappa shape index (κ2) is 10.1. The number of ether oxygens (including phenoxy) is 2. The number of aryl methyl sites for hydroxylation is 1. The van der Waals surface area contributed by atoms with Crippen molar-refractivity contribution in [2.75, 3.05) is 27.3 Å². The minimum absolute atomic E-state index is 0.0156. The summed E-state index contributed by atoms with van der Waals surface area (Å²) in [4.78, 5) is 24.7. The number of rotatable bonds is 8. The van der Waals surface area contributed by atoms with Gasteiger partial charge in [-0.25, -0.2) is 0 Å². The largest absolute Gasteiger partial charge is 0.493 e. The minimum atomic E-state index is -1.26. The van der Waals surface area contributed by atoms with Crippen molar-refractivity contribution in [1.82, 2.24) is 4.90 Å². The van der Waals surface area contributed by atoms with E-state index < -0.39 is 5.72 Å². The van der Waals surface area contributed by atoms with E-state index in [1.807, 2.05) is 39.0 Å². The van der Waals surface area contributed by atoms with Crippen molar-refractivity contribution < 1.29 is 24.3 Å². The van der Waals surface area contributed by atoms with Crippen molar-refractivity contribution in [3.63, 3.8) is 0 Å². The number of nitrogens with zero attached hydrogens (tertiary/aromatic N) is 2. The lowest BCUT2D eigenvalue weighted by Gasteiger charge is -2.34. The summed E-state index contributed by atoms with van der Waals surface area (Å²) in [7, 11) is 3.17. The molecule has 1 heterocycles. The summed E-state index contributed by atoms with van der Waals surface area (Å²) in [5.74, 6) is 0.598. The van der Waals surface area contributed by atoms with E-state index in [1.165, 1.54) is 0 Å². The van der Waals surface area contributed by atoms with Gasteiger partial charge in [-0.1, -0.05) is 26.8 Å². The van der Waals surface area contributed by atoms with Crippen LogP contribution in [0, 0.1) is 27.9 Å². The number of methoxy groups -OCH3 is 2. The van der Waals surface area contributed by atoms with Crippen molar-refractivity contribution in [2.45, 2.75) is 52.2 Å². The second-order valence-electron chi connectivity index (χ2n) is 7.89. The standard InChI is InChI=1S/C20H28N2O6.C2H6/c1-13-11-20(24)16(15(13)12-22(25)26)10-19(23)21(20)8-4-5-14-6-7-17(27-2)18(9-14)28-3;1-2/h6-7,9,13,15-16,24H,4-5,8,10-12H2,1-3H3;1-2H3/t13?,15-,16?,20?;/m1./s1. The van der Waals surface area contributed by atoms with Crippen LogP contribution in [0.15, 0.2) is 18.2 Å². The quantitative estimate of drug-likeness (QED) is 0.510. The van der Waals surface area contributed by atoms with E-state index >= 15 is 0 Å². The lowest BCUT2D eigenvalue weighted by molar-refractivity contribution is -0.491. The van der Waals surface area contributed by atoms with E-state index in [0.29, 0.717) is 30.9 Å². The van der Waals surface area contributed by atoms with E-state index in [9.17, 15) is 20.0 Å². The summed E-state index contributed by atoms with van der Waals surface area (Å²) in [5, 5.41) is 22.2. The molecule has 0 radical (unpaired) electrons. The molecule has 3 unspecified atom stereocenters. The van der Waals surface area contributed by atoms with Crippen molar-refractivity contribution in [3.8, 4) is 11.5 Å². The molecule has 168 valence electrons. The van der Waals surface area contributed by atoms with E-state index in [0.717, 1.165) is 12.0 Å². The number of carbonyl (C=O) groups excluding carboxylic acids is 1. The van der Waals surface area contributed by atoms with Crippen LogP contribution in [0.3, 0.4) is 0 Å². The van der Waals surface area contributed by atoms with Gasteiger partial charge in [-0.3, -0.25) is 14.9 Å². The molecule has 1 aromatic rings. The Bertz CT molecular complexity index is 755. The van der Waals surface area contributed by atoms with Crippen LogP contribution < -0.4 is 9.47 Å². The summed E-state index contributed by atoms with van der Waals surface area (Å²) in [6.07, 6.45) is 2.00. The Morgan fingerprint density at radius 1 is 1.27 bits per heavy atom. The van der Waals surface area contributed by atoms with Crippen molar-refractivity contribution >= 4 is 5.91 Å². The molecule has 30 heavy (non-hydrogen) atoms. The number of benzene rings is 1. The summed E-state index contributed by atoms with van der Waals surface area (Å²) in [6, 6.07) is 5.71. The van der Waals surface area contributed by atoms with Crippen molar-refractivity contribution in [1.29, 1.82) is 0 Å². The molecule has 1 saturated heterocycles. The molecule has 4 atom stereocenters. The Kier molecular flexibility index (Phi) is 8.06. The molecule has 2 aliphatic rings. The summed E-state index contributed by atoms with van der Waals surface area (Å²) in [5.41, 5.74) is -0.201. The molecule has 8 nitrogen and oxygen atoms in total. The van der Waals surface area contributed by atoms with Gasteiger partial charge in [0.15, 0.2) is 11.5 Å². The maximum absolute atomic E-state index is 12.5. The number of aliphatic hydroxyl groups is 1. The second-order valence-corrected chi connectivity index (χ2v) is 7.89. The van der Waals surface area contributed by atoms with Crippen LogP contribution in [0.1, 0.15) is 45.6 Å². The lowest BCUT2D eigenvalue weighted by Crippen LogP contribution is -2.48. The molecule has 8 heteroatoms. The SMILES string of the molecule is CC.COc1ccc(CCCN2C(=O)CC3[C@H](C[N+](=O)[O-])C(C)CC32O)cc1OC. The predicted octanol–water partition coefficient (Wildman–Crippen LogP) is 3.13. The number of hydrogen-bond acceptors (Lipinski definition) is 6. The van der Waals surface area contributed by atoms with Gasteiger partial charge < -0.3 is 19.5 Å². The van der Waals surface area contributed by atoms with Crippen LogP contribution in [-0.2, 0) is 11.2 Å². The first kappa shape index (κ1) is 23.9. The third kappa shape index (κ3) is 4.69. The van der Waals surface area contributed by atoms with Gasteiger partial charge in [0.2, 0.25) is 12.5 Å². The Morgan fingerprint density at radius 3 is 2.53 bits per heavy atom. The number of hydrogen-bond donors (Lipinski definition) is 1. The zero-order valence-electron chi connectivity index (χ0n) is 18.6. The van der Waals surface area contributed by atoms with Crippen LogP contribution in [0.4, 0.5) is 0 Å². The van der Waals surface area contributed by atoms with Gasteiger partial charge in [0, 0.05) is 29.7 Å². The maximum Gasteiger partial charge on any atom is 0.225 e. The average molecular weight is 423 g/mol. The van der Waals surface area contributed by atoms with E-state index in [-0.39, 0.29) is 41.5 Å². The molecule has 3 rings (SSSR count). The molecule has 1 aliphatic carbocycles. The van der Waals surface area contributed by atoms with Gasteiger partial charge in [0.05, 0.1) is 14.2 Å². The highest BCUT2D eigenvalue weighted by Crippen LogP contribution is 2.52. The van der Waals surface area contributed by atoms with Crippen molar-refractivity contribution in [3.05, 3.63) is 33.9 Å². The highest BCUT2D eigenvalue weighted by molar-refractivity contribution is 5.80. The molecule has 1 amide bonds. The summed E-state index contributed by atoms with van der Waals surface area (Å²) >= 11 is 0. The van der Waals surface area contributed by atoms with Crippen LogP contribution in [-0.4, -0.2) is 53.9 Å². The molecular weight excluding hydrogens is 388 g/mol. The van der Waals surface area contributed by atoms with E-state index in [2.05, 4.69) is 0 Å². The molecule has 1 N–H and O–H groups in total. The van der Waals surface area contributed by atoms with Gasteiger partial charge in [-0.15, -0.1) is 0 Å². The molecule has 0 bridgehead atoms. The van der Waals surface area contributed by atoms with Gasteiger partial charge in [0.25, 0.3) is 0 Å². The highest BCUT2D eigenvalue weighted by atomic mass is 16.6. The molecule has 0 aromatic heterocycles. The van der Waals surface area contributed by atoms with Gasteiger partial charge >= 0.3 is 0 Å². The zero-order valence-corrected chi connectivity index (χ0v) is 18.6. The van der Waals surface area contributed by atoms with E-state index in [4.69, 9.17) is 9.47 Å². The Balaban J connectivity index is 0.00000155. The highest BCUT2D eigenvalue weighted by Gasteiger charge is 2.61. The van der Waals surface area contributed by atoms with Crippen LogP contribution >= 0.6 is 0 Å². The van der Waals surface area contributed by atoms with Gasteiger partial charge in [-0.2, -0.15) is 0 Å². The first-order chi connectivity index (χ1) is 14.3. The Morgan fingerprint density at radius 2 is 1.93 bits per heavy atom. The lowest BCUT2D eigenvalue weighted by atomic mass is 9.88. The summed E-state index contributed by atoms with van der Waals surface area (Å²) < 4.78 is 10.6. The fourth-order valence-corrected chi connectivity index (χ4v) is 4.93. The van der Waals surface area contributed by atoms with E-state index in [1.54, 1.807) is 19.1 Å². The number of nitro groups is 1. The Labute approximate surface area is 178 Å². The molecular formula is C22H34N2O6. The monoisotopic (exact) mass is 422 g/mol. The third-order valence-electron chi connectivity index (χ3n) is 6.28. The molecule has 2 fully saturated rings. The Hall–Kier alpha value is -2.35. The molecule has 1 aromatic carbocycles. The third-order valence-corrected chi connectivity index (χ3v) is 6.28. The minimum Gasteiger partial charge on any atom is -0.493 e. The van der Waals surface area contributed by atoms with Crippen LogP contribution in [0.2, 0.25) is 0 Å². The van der Waals surface area contributed by atoms with Crippen molar-refractivity contribution in [2.24, 2.45) is 17.8 Å². The number of carbonyl (C=O) groups is 1. The topological polar surface area (TPSA) is 102 Å². The number of fused-ring (bicyclic) bond motifs is 1. The fourth-order valence-electron chi connectivity index (χ4n) is 4.93. The number of likely N-dealkylation sites (tertiary alicyclic amines) is 1. The number of amides is 1. The van der Waals surface area contributed by atoms with Gasteiger partial charge in [-0.05, 0) is 42.9 Å². The maximum atomic E-state index is 12.5. The fraction of sp³-hybridized carbons (Fsp3) is 0.682. The molecule has 0 spiro atoms. The zero-order chi connectivity index (χ0) is 22.5. The van der Waals surface area contributed by atoms with Crippen LogP contribution in [0.25, 0.3) is 0 Å². The predicted molar refractivity (Wildman–Crippen MR) is 113 cm³/mol. The smallest absolute Gasteiger partial charge is 0.225 e. The van der Waals surface area contributed by atoms with Crippen LogP contribution in [0.5, 0.6) is 11.5 Å². The summed E-state index contributed by atoms with van der Waals surface area (Å²) in [6.45, 7) is 6.16. The first-order valence-corrected chi connectivity index (χ1v) is 10.7. The van der Waals surface area contributed by atoms with Gasteiger partial charge in [0.1, 0.15) is 5.72 Å². The normalized spacial score (nSPS) is 27.3.